The van der Waals surface area contributed by atoms with Gasteiger partial charge in [-0.25, -0.2) is 8.78 Å². The molecule has 2 aliphatic heterocycles. The quantitative estimate of drug-likeness (QED) is 0.487. The lowest BCUT2D eigenvalue weighted by atomic mass is 10.1. The van der Waals surface area contributed by atoms with Crippen molar-refractivity contribution < 1.29 is 18.4 Å². The van der Waals surface area contributed by atoms with Crippen molar-refractivity contribution in [2.45, 2.75) is 16.3 Å². The van der Waals surface area contributed by atoms with E-state index in [-0.39, 0.29) is 5.24 Å². The number of halogens is 2. The number of benzene rings is 3. The van der Waals surface area contributed by atoms with Crippen molar-refractivity contribution in [3.05, 3.63) is 88.3 Å². The van der Waals surface area contributed by atoms with Crippen molar-refractivity contribution in [2.24, 2.45) is 0 Å². The number of carbonyl (C=O) groups is 2. The van der Waals surface area contributed by atoms with E-state index >= 15 is 0 Å². The number of fused-ring (bicyclic) bond motifs is 2. The van der Waals surface area contributed by atoms with Crippen molar-refractivity contribution in [1.29, 1.82) is 0 Å². The van der Waals surface area contributed by atoms with E-state index in [2.05, 4.69) is 5.32 Å². The summed E-state index contributed by atoms with van der Waals surface area (Å²) in [5, 5.41) is 1.86. The van der Waals surface area contributed by atoms with Crippen LogP contribution in [0.3, 0.4) is 0 Å². The molecule has 0 saturated carbocycles. The molecule has 1 saturated heterocycles. The van der Waals surface area contributed by atoms with Crippen LogP contribution in [-0.2, 0) is 11.3 Å². The summed E-state index contributed by atoms with van der Waals surface area (Å²) in [6.07, 6.45) is 1.68. The van der Waals surface area contributed by atoms with E-state index in [0.717, 1.165) is 44.6 Å². The number of hydrogen-bond acceptors (Lipinski definition) is 5. The number of thioether (sulfide) groups is 1. The molecule has 1 N–H and O–H groups in total. The van der Waals surface area contributed by atoms with E-state index in [1.165, 1.54) is 12.1 Å². The van der Waals surface area contributed by atoms with Crippen LogP contribution in [0.4, 0.5) is 25.0 Å². The molecule has 0 unspecified atom stereocenters. The third kappa shape index (κ3) is 3.96. The Hall–Kier alpha value is -3.10. The molecule has 0 aromatic heterocycles. The maximum atomic E-state index is 13.8. The summed E-state index contributed by atoms with van der Waals surface area (Å²) in [6.45, 7) is 0.298. The largest absolute Gasteiger partial charge is 0.335 e. The van der Waals surface area contributed by atoms with Crippen LogP contribution in [0.15, 0.2) is 75.4 Å². The number of anilines is 2. The lowest BCUT2D eigenvalue weighted by Gasteiger charge is -2.33. The van der Waals surface area contributed by atoms with Gasteiger partial charge < -0.3 is 4.90 Å². The topological polar surface area (TPSA) is 49.4 Å². The minimum absolute atomic E-state index is 0.298. The molecule has 2 heterocycles. The lowest BCUT2D eigenvalue weighted by Crippen LogP contribution is -2.20. The Morgan fingerprint density at radius 2 is 1.61 bits per heavy atom. The zero-order chi connectivity index (χ0) is 21.5. The summed E-state index contributed by atoms with van der Waals surface area (Å²) in [7, 11) is 0. The lowest BCUT2D eigenvalue weighted by molar-refractivity contribution is -0.115. The Morgan fingerprint density at radius 1 is 0.871 bits per heavy atom. The number of rotatable bonds is 3. The summed E-state index contributed by atoms with van der Waals surface area (Å²) in [5.41, 5.74) is 3.16. The molecule has 4 nitrogen and oxygen atoms in total. The molecule has 0 aliphatic carbocycles. The van der Waals surface area contributed by atoms with Gasteiger partial charge in [-0.05, 0) is 65.4 Å². The Kier molecular flexibility index (Phi) is 5.03. The van der Waals surface area contributed by atoms with Gasteiger partial charge >= 0.3 is 0 Å². The summed E-state index contributed by atoms with van der Waals surface area (Å²) in [6, 6.07) is 17.1. The van der Waals surface area contributed by atoms with Crippen LogP contribution in [0.1, 0.15) is 11.1 Å². The fourth-order valence-electron chi connectivity index (χ4n) is 3.57. The van der Waals surface area contributed by atoms with Gasteiger partial charge in [-0.1, -0.05) is 30.0 Å². The Balaban J connectivity index is 1.55. The molecule has 154 valence electrons. The first-order valence-corrected chi connectivity index (χ1v) is 11.0. The van der Waals surface area contributed by atoms with E-state index < -0.39 is 17.5 Å². The van der Waals surface area contributed by atoms with E-state index in [1.807, 2.05) is 47.4 Å². The van der Waals surface area contributed by atoms with Crippen molar-refractivity contribution in [2.75, 3.05) is 4.90 Å². The highest BCUT2D eigenvalue weighted by Gasteiger charge is 2.26. The minimum atomic E-state index is -0.612. The van der Waals surface area contributed by atoms with Gasteiger partial charge in [0.25, 0.3) is 11.1 Å². The molecule has 0 radical (unpaired) electrons. The summed E-state index contributed by atoms with van der Waals surface area (Å²) in [5.74, 6) is -1.63. The first kappa shape index (κ1) is 19.8. The van der Waals surface area contributed by atoms with Gasteiger partial charge in [0, 0.05) is 22.4 Å². The number of para-hydroxylation sites is 1. The summed E-state index contributed by atoms with van der Waals surface area (Å²) >= 11 is 2.46. The van der Waals surface area contributed by atoms with Gasteiger partial charge in [0.2, 0.25) is 0 Å². The van der Waals surface area contributed by atoms with Crippen LogP contribution in [0.5, 0.6) is 0 Å². The second-order valence-electron chi connectivity index (χ2n) is 7.01. The Morgan fingerprint density at radius 3 is 2.35 bits per heavy atom. The van der Waals surface area contributed by atoms with Crippen LogP contribution in [0.25, 0.3) is 6.08 Å². The third-order valence-corrected chi connectivity index (χ3v) is 6.78. The number of nitrogens with one attached hydrogen (secondary N) is 1. The van der Waals surface area contributed by atoms with Crippen LogP contribution in [0, 0.1) is 11.6 Å². The SMILES string of the molecule is O=C1NC(=O)/C(=C/c2ccc3c(c2)Sc2ccccc2N3Cc2cc(F)cc(F)c2)S1. The predicted octanol–water partition coefficient (Wildman–Crippen LogP) is 6.09. The number of carbonyl (C=O) groups excluding carboxylic acids is 2. The average Bonchev–Trinajstić information content (AvgIpc) is 3.03. The second kappa shape index (κ2) is 7.86. The normalized spacial score (nSPS) is 16.3. The number of nitrogens with zero attached hydrogens (tertiary/aromatic N) is 1. The monoisotopic (exact) mass is 452 g/mol. The van der Waals surface area contributed by atoms with Gasteiger partial charge in [-0.15, -0.1) is 0 Å². The van der Waals surface area contributed by atoms with E-state index in [1.54, 1.807) is 17.8 Å². The fourth-order valence-corrected chi connectivity index (χ4v) is 5.39. The third-order valence-electron chi connectivity index (χ3n) is 4.85. The molecule has 3 aromatic carbocycles. The highest BCUT2D eigenvalue weighted by Crippen LogP contribution is 2.49. The van der Waals surface area contributed by atoms with Crippen LogP contribution < -0.4 is 10.2 Å². The molecule has 0 spiro atoms. The van der Waals surface area contributed by atoms with Crippen LogP contribution >= 0.6 is 23.5 Å². The fraction of sp³-hybridized carbons (Fsp3) is 0.0435. The number of amides is 2. The van der Waals surface area contributed by atoms with Crippen molar-refractivity contribution in [3.8, 4) is 0 Å². The minimum Gasteiger partial charge on any atom is -0.335 e. The van der Waals surface area contributed by atoms with Crippen LogP contribution in [0.2, 0.25) is 0 Å². The van der Waals surface area contributed by atoms with Gasteiger partial charge in [0.1, 0.15) is 11.6 Å². The van der Waals surface area contributed by atoms with Crippen LogP contribution in [-0.4, -0.2) is 11.1 Å². The van der Waals surface area contributed by atoms with Crippen molar-refractivity contribution in [1.82, 2.24) is 5.32 Å². The summed E-state index contributed by atoms with van der Waals surface area (Å²) < 4.78 is 27.5. The molecule has 2 amide bonds. The van der Waals surface area contributed by atoms with Crippen molar-refractivity contribution in [3.63, 3.8) is 0 Å². The van der Waals surface area contributed by atoms with Gasteiger partial charge in [-0.2, -0.15) is 0 Å². The van der Waals surface area contributed by atoms with E-state index in [9.17, 15) is 18.4 Å². The van der Waals surface area contributed by atoms with E-state index in [0.29, 0.717) is 17.0 Å². The van der Waals surface area contributed by atoms with Gasteiger partial charge in [0.05, 0.1) is 16.3 Å². The molecule has 0 atom stereocenters. The molecule has 8 heteroatoms. The first-order chi connectivity index (χ1) is 15.0. The highest BCUT2D eigenvalue weighted by molar-refractivity contribution is 8.18. The number of imide groups is 1. The van der Waals surface area contributed by atoms with Gasteiger partial charge in [0.15, 0.2) is 0 Å². The zero-order valence-electron chi connectivity index (χ0n) is 15.9. The maximum absolute atomic E-state index is 13.8. The second-order valence-corrected chi connectivity index (χ2v) is 9.11. The van der Waals surface area contributed by atoms with E-state index in [4.69, 9.17) is 0 Å². The molecular weight excluding hydrogens is 438 g/mol. The maximum Gasteiger partial charge on any atom is 0.290 e. The zero-order valence-corrected chi connectivity index (χ0v) is 17.5. The molecule has 0 bridgehead atoms. The standard InChI is InChI=1S/C23H14F2N2O2S2/c24-15-7-14(8-16(25)11-15)12-27-17-3-1-2-4-19(17)30-20-9-13(5-6-18(20)27)10-21-22(28)26-23(29)31-21/h1-11H,12H2,(H,26,28,29)/b21-10-. The first-order valence-electron chi connectivity index (χ1n) is 9.34. The average molecular weight is 453 g/mol. The smallest absolute Gasteiger partial charge is 0.290 e. The molecule has 2 aliphatic rings. The summed E-state index contributed by atoms with van der Waals surface area (Å²) in [4.78, 5) is 27.6. The Labute approximate surface area is 185 Å². The molecular formula is C23H14F2N2O2S2. The molecule has 31 heavy (non-hydrogen) atoms. The number of hydrogen-bond donors (Lipinski definition) is 1. The molecule has 5 rings (SSSR count). The van der Waals surface area contributed by atoms with Gasteiger partial charge in [-0.3, -0.25) is 14.9 Å². The predicted molar refractivity (Wildman–Crippen MR) is 118 cm³/mol. The molecule has 3 aromatic rings. The Bertz CT molecular complexity index is 1260. The highest BCUT2D eigenvalue weighted by atomic mass is 32.2. The van der Waals surface area contributed by atoms with Crippen molar-refractivity contribution >= 4 is 52.1 Å². The molecule has 1 fully saturated rings.